The van der Waals surface area contributed by atoms with Crippen molar-refractivity contribution in [2.24, 2.45) is 0 Å². The normalized spacial score (nSPS) is 18.4. The Morgan fingerprint density at radius 3 is 2.60 bits per heavy atom. The van der Waals surface area contributed by atoms with Crippen LogP contribution in [0.2, 0.25) is 0 Å². The largest absolute Gasteiger partial charge is 0.457 e. The minimum absolute atomic E-state index is 0.0190. The van der Waals surface area contributed by atoms with E-state index in [0.717, 1.165) is 35.1 Å². The lowest BCUT2D eigenvalue weighted by Gasteiger charge is -2.23. The molecule has 1 aliphatic heterocycles. The van der Waals surface area contributed by atoms with E-state index in [1.54, 1.807) is 0 Å². The third-order valence-electron chi connectivity index (χ3n) is 4.17. The van der Waals surface area contributed by atoms with Crippen molar-refractivity contribution in [1.29, 1.82) is 0 Å². The van der Waals surface area contributed by atoms with Gasteiger partial charge in [0.05, 0.1) is 6.04 Å². The molecule has 2 aromatic carbocycles. The van der Waals surface area contributed by atoms with Crippen LogP contribution in [-0.2, 0) is 4.79 Å². The van der Waals surface area contributed by atoms with Gasteiger partial charge in [-0.2, -0.15) is 11.8 Å². The van der Waals surface area contributed by atoms with Gasteiger partial charge in [-0.1, -0.05) is 30.3 Å². The zero-order valence-electron chi connectivity index (χ0n) is 14.4. The predicted octanol–water partition coefficient (Wildman–Crippen LogP) is 3.75. The van der Waals surface area contributed by atoms with E-state index in [4.69, 9.17) is 4.74 Å². The molecule has 4 nitrogen and oxygen atoms in total. The minimum Gasteiger partial charge on any atom is -0.457 e. The molecule has 0 saturated carbocycles. The molecule has 0 spiro atoms. The van der Waals surface area contributed by atoms with Crippen molar-refractivity contribution < 1.29 is 9.53 Å². The first-order valence-electron chi connectivity index (χ1n) is 8.64. The van der Waals surface area contributed by atoms with Gasteiger partial charge in [-0.15, -0.1) is 0 Å². The summed E-state index contributed by atoms with van der Waals surface area (Å²) in [6, 6.07) is 17.8. The number of amides is 1. The van der Waals surface area contributed by atoms with E-state index in [1.165, 1.54) is 0 Å². The van der Waals surface area contributed by atoms with E-state index >= 15 is 0 Å². The molecule has 5 heteroatoms. The first kappa shape index (κ1) is 17.8. The molecule has 0 radical (unpaired) electrons. The summed E-state index contributed by atoms with van der Waals surface area (Å²) in [5.41, 5.74) is 1.07. The summed E-state index contributed by atoms with van der Waals surface area (Å²) >= 11 is 1.91. The number of carbonyl (C=O) groups excluding carboxylic acids is 1. The maximum atomic E-state index is 12.2. The first-order valence-corrected chi connectivity index (χ1v) is 9.79. The number of ether oxygens (including phenoxy) is 1. The second-order valence-electron chi connectivity index (χ2n) is 6.20. The van der Waals surface area contributed by atoms with Gasteiger partial charge in [0.25, 0.3) is 0 Å². The molecule has 1 heterocycles. The van der Waals surface area contributed by atoms with Crippen molar-refractivity contribution in [2.45, 2.75) is 25.4 Å². The highest BCUT2D eigenvalue weighted by molar-refractivity contribution is 7.99. The van der Waals surface area contributed by atoms with Crippen molar-refractivity contribution in [3.63, 3.8) is 0 Å². The van der Waals surface area contributed by atoms with Crippen LogP contribution >= 0.6 is 11.8 Å². The van der Waals surface area contributed by atoms with Crippen LogP contribution in [0.15, 0.2) is 54.6 Å². The number of hydrogen-bond donors (Lipinski definition) is 2. The average molecular weight is 356 g/mol. The van der Waals surface area contributed by atoms with Gasteiger partial charge in [0.2, 0.25) is 5.91 Å². The van der Waals surface area contributed by atoms with Crippen LogP contribution in [-0.4, -0.2) is 30.0 Å². The molecular formula is C20H24N2O2S. The number of thioether (sulfide) groups is 1. The minimum atomic E-state index is -0.0190. The second kappa shape index (κ2) is 8.92. The van der Waals surface area contributed by atoms with E-state index < -0.39 is 0 Å². The van der Waals surface area contributed by atoms with Crippen molar-refractivity contribution in [1.82, 2.24) is 10.6 Å². The molecular weight excluding hydrogens is 332 g/mol. The molecule has 2 unspecified atom stereocenters. The molecule has 1 saturated heterocycles. The Bertz CT molecular complexity index is 670. The zero-order valence-corrected chi connectivity index (χ0v) is 15.2. The van der Waals surface area contributed by atoms with Crippen molar-refractivity contribution in [3.8, 4) is 11.5 Å². The van der Waals surface area contributed by atoms with Gasteiger partial charge >= 0.3 is 0 Å². The monoisotopic (exact) mass is 356 g/mol. The third-order valence-corrected chi connectivity index (χ3v) is 5.30. The summed E-state index contributed by atoms with van der Waals surface area (Å²) in [5, 5.41) is 6.48. The Morgan fingerprint density at radius 2 is 1.92 bits per heavy atom. The van der Waals surface area contributed by atoms with Crippen LogP contribution in [0.5, 0.6) is 11.5 Å². The molecule has 1 fully saturated rings. The smallest absolute Gasteiger partial charge is 0.222 e. The summed E-state index contributed by atoms with van der Waals surface area (Å²) < 4.78 is 5.80. The Labute approximate surface area is 153 Å². The quantitative estimate of drug-likeness (QED) is 0.828. The summed E-state index contributed by atoms with van der Waals surface area (Å²) in [5.74, 6) is 3.84. The Hall–Kier alpha value is -1.98. The molecule has 0 aliphatic carbocycles. The molecule has 1 amide bonds. The second-order valence-corrected chi connectivity index (χ2v) is 7.35. The molecule has 0 bridgehead atoms. The molecule has 1 aliphatic rings. The van der Waals surface area contributed by atoms with E-state index in [2.05, 4.69) is 10.6 Å². The highest BCUT2D eigenvalue weighted by Gasteiger charge is 2.18. The lowest BCUT2D eigenvalue weighted by atomic mass is 10.1. The Kier molecular flexibility index (Phi) is 6.36. The number of carbonyl (C=O) groups is 1. The SMILES string of the molecule is CC(NC(=O)CC1CSCCN1)c1ccc(Oc2ccccc2)cc1. The highest BCUT2D eigenvalue weighted by atomic mass is 32.2. The van der Waals surface area contributed by atoms with Crippen molar-refractivity contribution in [2.75, 3.05) is 18.1 Å². The number of hydrogen-bond acceptors (Lipinski definition) is 4. The fourth-order valence-electron chi connectivity index (χ4n) is 2.81. The van der Waals surface area contributed by atoms with E-state index in [9.17, 15) is 4.79 Å². The van der Waals surface area contributed by atoms with E-state index in [0.29, 0.717) is 6.42 Å². The summed E-state index contributed by atoms with van der Waals surface area (Å²) in [4.78, 5) is 12.2. The number of para-hydroxylation sites is 1. The zero-order chi connectivity index (χ0) is 17.5. The molecule has 25 heavy (non-hydrogen) atoms. The van der Waals surface area contributed by atoms with Crippen molar-refractivity contribution in [3.05, 3.63) is 60.2 Å². The average Bonchev–Trinajstić information content (AvgIpc) is 2.64. The van der Waals surface area contributed by atoms with Gasteiger partial charge in [0.1, 0.15) is 11.5 Å². The van der Waals surface area contributed by atoms with Gasteiger partial charge in [0.15, 0.2) is 0 Å². The first-order chi connectivity index (χ1) is 12.2. The van der Waals surface area contributed by atoms with Crippen LogP contribution in [0, 0.1) is 0 Å². The van der Waals surface area contributed by atoms with Gasteiger partial charge in [0, 0.05) is 30.5 Å². The summed E-state index contributed by atoms with van der Waals surface area (Å²) in [6.07, 6.45) is 0.534. The third kappa shape index (κ3) is 5.51. The van der Waals surface area contributed by atoms with Gasteiger partial charge in [-0.05, 0) is 36.8 Å². The molecule has 2 aromatic rings. The number of rotatable bonds is 6. The van der Waals surface area contributed by atoms with E-state index in [-0.39, 0.29) is 18.0 Å². The predicted molar refractivity (Wildman–Crippen MR) is 103 cm³/mol. The molecule has 2 atom stereocenters. The lowest BCUT2D eigenvalue weighted by Crippen LogP contribution is -2.41. The Balaban J connectivity index is 1.51. The topological polar surface area (TPSA) is 50.4 Å². The highest BCUT2D eigenvalue weighted by Crippen LogP contribution is 2.23. The molecule has 0 aromatic heterocycles. The maximum absolute atomic E-state index is 12.2. The lowest BCUT2D eigenvalue weighted by molar-refractivity contribution is -0.122. The molecule has 3 rings (SSSR count). The number of benzene rings is 2. The fraction of sp³-hybridized carbons (Fsp3) is 0.350. The van der Waals surface area contributed by atoms with Crippen LogP contribution in [0.25, 0.3) is 0 Å². The van der Waals surface area contributed by atoms with Gasteiger partial charge < -0.3 is 15.4 Å². The van der Waals surface area contributed by atoms with Crippen LogP contribution in [0.3, 0.4) is 0 Å². The molecule has 2 N–H and O–H groups in total. The van der Waals surface area contributed by atoms with Crippen molar-refractivity contribution >= 4 is 17.7 Å². The fourth-order valence-corrected chi connectivity index (χ4v) is 3.76. The standard InChI is InChI=1S/C20H24N2O2S/c1-15(22-20(23)13-17-14-25-12-11-21-17)16-7-9-19(10-8-16)24-18-5-3-2-4-6-18/h2-10,15,17,21H,11-14H2,1H3,(H,22,23). The summed E-state index contributed by atoms with van der Waals surface area (Å²) in [6.45, 7) is 3.00. The van der Waals surface area contributed by atoms with Crippen LogP contribution in [0.1, 0.15) is 24.9 Å². The van der Waals surface area contributed by atoms with Crippen LogP contribution in [0.4, 0.5) is 0 Å². The maximum Gasteiger partial charge on any atom is 0.222 e. The van der Waals surface area contributed by atoms with E-state index in [1.807, 2.05) is 73.3 Å². The van der Waals surface area contributed by atoms with Gasteiger partial charge in [-0.25, -0.2) is 0 Å². The molecule has 132 valence electrons. The summed E-state index contributed by atoms with van der Waals surface area (Å²) in [7, 11) is 0. The Morgan fingerprint density at radius 1 is 1.20 bits per heavy atom. The van der Waals surface area contributed by atoms with Gasteiger partial charge in [-0.3, -0.25) is 4.79 Å². The van der Waals surface area contributed by atoms with Crippen LogP contribution < -0.4 is 15.4 Å². The number of nitrogens with one attached hydrogen (secondary N) is 2.